The lowest BCUT2D eigenvalue weighted by Crippen LogP contribution is -2.77. The maximum atomic E-state index is 5.19. The topological polar surface area (TPSA) is 47.4 Å². The Balaban J connectivity index is 2.32. The molecule has 0 atom stereocenters. The van der Waals surface area contributed by atoms with Crippen LogP contribution in [-0.4, -0.2) is 20.6 Å². The fourth-order valence-corrected chi connectivity index (χ4v) is 2.04. The Morgan fingerprint density at radius 1 is 1.10 bits per heavy atom. The molecule has 110 valence electrons. The molecule has 21 heavy (non-hydrogen) atoms. The summed E-state index contributed by atoms with van der Waals surface area (Å²) in [6.07, 6.45) is 5.80. The highest BCUT2D eigenvalue weighted by atomic mass is 16.5. The zero-order chi connectivity index (χ0) is 15.2. The molecule has 0 saturated carbocycles. The normalized spacial score (nSPS) is 15.6. The van der Waals surface area contributed by atoms with Gasteiger partial charge in [0.1, 0.15) is 11.4 Å². The minimum atomic E-state index is 0.853. The Morgan fingerprint density at radius 3 is 2.43 bits per heavy atom. The van der Waals surface area contributed by atoms with Crippen LogP contribution in [0.15, 0.2) is 58.4 Å². The van der Waals surface area contributed by atoms with E-state index in [1.807, 2.05) is 55.0 Å². The van der Waals surface area contributed by atoms with E-state index in [2.05, 4.69) is 11.9 Å². The van der Waals surface area contributed by atoms with Gasteiger partial charge in [-0.1, -0.05) is 6.08 Å². The Bertz CT molecular complexity index is 623. The Morgan fingerprint density at radius 2 is 1.81 bits per heavy atom. The van der Waals surface area contributed by atoms with E-state index in [0.29, 0.717) is 0 Å². The molecule has 1 aliphatic rings. The third-order valence-electron chi connectivity index (χ3n) is 3.36. The number of hydrogen-bond acceptors (Lipinski definition) is 3. The van der Waals surface area contributed by atoms with Crippen molar-refractivity contribution in [1.29, 1.82) is 0 Å². The van der Waals surface area contributed by atoms with E-state index in [4.69, 9.17) is 9.47 Å². The number of methoxy groups -OCH3 is 2. The molecule has 1 aliphatic heterocycles. The van der Waals surface area contributed by atoms with Crippen LogP contribution >= 0.6 is 0 Å². The SMILES string of the molecule is CO/C(C)=C/C=C(\C)C1=C(c2ccc(OC)cc2)[NH2+]C=N1. The molecular weight excluding hydrogens is 264 g/mol. The molecule has 0 spiro atoms. The average molecular weight is 285 g/mol. The smallest absolute Gasteiger partial charge is 0.192 e. The molecule has 0 fully saturated rings. The van der Waals surface area contributed by atoms with Crippen molar-refractivity contribution in [3.05, 3.63) is 59.0 Å². The van der Waals surface area contributed by atoms with E-state index in [1.165, 1.54) is 0 Å². The number of ether oxygens (including phenoxy) is 2. The summed E-state index contributed by atoms with van der Waals surface area (Å²) in [5.74, 6) is 1.72. The van der Waals surface area contributed by atoms with Crippen molar-refractivity contribution in [2.45, 2.75) is 13.8 Å². The van der Waals surface area contributed by atoms with Crippen LogP contribution < -0.4 is 10.1 Å². The minimum absolute atomic E-state index is 0.853. The van der Waals surface area contributed by atoms with Crippen LogP contribution in [0.2, 0.25) is 0 Å². The van der Waals surface area contributed by atoms with E-state index in [1.54, 1.807) is 14.2 Å². The molecule has 1 aromatic carbocycles. The quantitative estimate of drug-likeness (QED) is 0.667. The number of quaternary nitrogens is 1. The standard InChI is InChI=1S/C17H20N2O2/c1-12(5-6-13(2)20-3)16-17(19-11-18-16)14-7-9-15(21-4)10-8-14/h5-11H,1-4H3,(H,18,19)/p+1/b12-5+,13-6+. The van der Waals surface area contributed by atoms with Gasteiger partial charge >= 0.3 is 0 Å². The molecule has 2 rings (SSSR count). The number of rotatable bonds is 5. The predicted molar refractivity (Wildman–Crippen MR) is 84.9 cm³/mol. The number of hydrogen-bond donors (Lipinski definition) is 1. The maximum absolute atomic E-state index is 5.19. The highest BCUT2D eigenvalue weighted by Crippen LogP contribution is 2.23. The molecule has 0 unspecified atom stereocenters. The summed E-state index contributed by atoms with van der Waals surface area (Å²) in [6.45, 7) is 3.97. The zero-order valence-electron chi connectivity index (χ0n) is 12.9. The zero-order valence-corrected chi connectivity index (χ0v) is 12.9. The molecule has 0 radical (unpaired) electrons. The van der Waals surface area contributed by atoms with Gasteiger partial charge in [-0.05, 0) is 49.8 Å². The molecule has 0 saturated heterocycles. The number of nitrogens with two attached hydrogens (primary N) is 1. The largest absolute Gasteiger partial charge is 0.501 e. The van der Waals surface area contributed by atoms with Gasteiger partial charge in [-0.2, -0.15) is 4.99 Å². The fourth-order valence-electron chi connectivity index (χ4n) is 2.04. The first-order valence-electron chi connectivity index (χ1n) is 6.81. The van der Waals surface area contributed by atoms with Gasteiger partial charge in [0, 0.05) is 5.56 Å². The lowest BCUT2D eigenvalue weighted by molar-refractivity contribution is -0.419. The number of allylic oxidation sites excluding steroid dienone is 4. The van der Waals surface area contributed by atoms with Gasteiger partial charge in [-0.15, -0.1) is 0 Å². The molecule has 1 aromatic rings. The van der Waals surface area contributed by atoms with Gasteiger partial charge in [0.2, 0.25) is 0 Å². The van der Waals surface area contributed by atoms with E-state index < -0.39 is 0 Å². The van der Waals surface area contributed by atoms with Gasteiger partial charge in [-0.3, -0.25) is 5.32 Å². The van der Waals surface area contributed by atoms with Crippen LogP contribution in [0.1, 0.15) is 19.4 Å². The van der Waals surface area contributed by atoms with Gasteiger partial charge in [0.25, 0.3) is 0 Å². The van der Waals surface area contributed by atoms with Crippen molar-refractivity contribution in [1.82, 2.24) is 0 Å². The van der Waals surface area contributed by atoms with Gasteiger partial charge in [-0.25, -0.2) is 0 Å². The molecule has 4 heteroatoms. The summed E-state index contributed by atoms with van der Waals surface area (Å²) < 4.78 is 10.3. The van der Waals surface area contributed by atoms with E-state index >= 15 is 0 Å². The molecule has 0 aromatic heterocycles. The predicted octanol–water partition coefficient (Wildman–Crippen LogP) is 2.47. The minimum Gasteiger partial charge on any atom is -0.501 e. The van der Waals surface area contributed by atoms with Crippen molar-refractivity contribution in [3.8, 4) is 5.75 Å². The average Bonchev–Trinajstić information content (AvgIpc) is 3.01. The number of benzene rings is 1. The van der Waals surface area contributed by atoms with Crippen LogP contribution in [0.25, 0.3) is 5.70 Å². The van der Waals surface area contributed by atoms with Crippen molar-refractivity contribution in [3.63, 3.8) is 0 Å². The van der Waals surface area contributed by atoms with Crippen molar-refractivity contribution in [2.75, 3.05) is 14.2 Å². The summed E-state index contributed by atoms with van der Waals surface area (Å²) in [5, 5.41) is 2.03. The first-order valence-corrected chi connectivity index (χ1v) is 6.81. The van der Waals surface area contributed by atoms with Crippen LogP contribution in [0, 0.1) is 0 Å². The first-order chi connectivity index (χ1) is 10.2. The molecular formula is C17H21N2O2+. The molecule has 0 aliphatic carbocycles. The summed E-state index contributed by atoms with van der Waals surface area (Å²) in [5.41, 5.74) is 4.33. The van der Waals surface area contributed by atoms with E-state index in [9.17, 15) is 0 Å². The van der Waals surface area contributed by atoms with Crippen LogP contribution in [-0.2, 0) is 4.74 Å². The highest BCUT2D eigenvalue weighted by molar-refractivity contribution is 5.74. The van der Waals surface area contributed by atoms with E-state index in [0.717, 1.165) is 34.0 Å². The third-order valence-corrected chi connectivity index (χ3v) is 3.36. The Kier molecular flexibility index (Phi) is 4.95. The maximum Gasteiger partial charge on any atom is 0.192 e. The summed E-state index contributed by atoms with van der Waals surface area (Å²) in [7, 11) is 3.33. The second kappa shape index (κ2) is 6.90. The second-order valence-electron chi connectivity index (χ2n) is 4.77. The summed E-state index contributed by atoms with van der Waals surface area (Å²) in [6, 6.07) is 8.01. The number of nitrogens with zero attached hydrogens (tertiary/aromatic N) is 1. The molecule has 0 bridgehead atoms. The van der Waals surface area contributed by atoms with Gasteiger partial charge < -0.3 is 9.47 Å². The fraction of sp³-hybridized carbons (Fsp3) is 0.235. The van der Waals surface area contributed by atoms with E-state index in [-0.39, 0.29) is 0 Å². The van der Waals surface area contributed by atoms with Crippen molar-refractivity contribution in [2.24, 2.45) is 4.99 Å². The van der Waals surface area contributed by atoms with Gasteiger partial charge in [0.05, 0.1) is 20.0 Å². The first kappa shape index (κ1) is 15.1. The molecule has 4 nitrogen and oxygen atoms in total. The highest BCUT2D eigenvalue weighted by Gasteiger charge is 2.18. The molecule has 1 heterocycles. The summed E-state index contributed by atoms with van der Waals surface area (Å²) in [4.78, 5) is 4.47. The molecule has 0 amide bonds. The van der Waals surface area contributed by atoms with Crippen LogP contribution in [0.4, 0.5) is 0 Å². The Labute approximate surface area is 125 Å². The third kappa shape index (κ3) is 3.61. The number of aliphatic imine (C=N–C) groups is 1. The Hall–Kier alpha value is -2.33. The summed E-state index contributed by atoms with van der Waals surface area (Å²) >= 11 is 0. The van der Waals surface area contributed by atoms with Crippen LogP contribution in [0.5, 0.6) is 5.75 Å². The lowest BCUT2D eigenvalue weighted by Gasteiger charge is -2.04. The van der Waals surface area contributed by atoms with Crippen molar-refractivity contribution < 1.29 is 14.8 Å². The van der Waals surface area contributed by atoms with Crippen LogP contribution in [0.3, 0.4) is 0 Å². The van der Waals surface area contributed by atoms with Gasteiger partial charge in [0.15, 0.2) is 12.0 Å². The monoisotopic (exact) mass is 285 g/mol. The second-order valence-corrected chi connectivity index (χ2v) is 4.77. The molecule has 2 N–H and O–H groups in total. The lowest BCUT2D eigenvalue weighted by atomic mass is 10.1. The van der Waals surface area contributed by atoms with Crippen molar-refractivity contribution >= 4 is 12.0 Å².